The minimum absolute atomic E-state index is 0.0684. The summed E-state index contributed by atoms with van der Waals surface area (Å²) in [6.07, 6.45) is 6.03. The zero-order chi connectivity index (χ0) is 18.6. The summed E-state index contributed by atoms with van der Waals surface area (Å²) in [6, 6.07) is 7.08. The van der Waals surface area contributed by atoms with E-state index in [-0.39, 0.29) is 18.4 Å². The Hall–Kier alpha value is -2.08. The van der Waals surface area contributed by atoms with E-state index in [0.29, 0.717) is 10.7 Å². The number of oxime groups is 1. The van der Waals surface area contributed by atoms with Crippen LogP contribution in [0.1, 0.15) is 56.9 Å². The van der Waals surface area contributed by atoms with Crippen molar-refractivity contribution in [3.8, 4) is 0 Å². The first kappa shape index (κ1) is 18.7. The molecule has 2 N–H and O–H groups in total. The van der Waals surface area contributed by atoms with E-state index in [1.54, 1.807) is 24.3 Å². The van der Waals surface area contributed by atoms with E-state index in [2.05, 4.69) is 10.5 Å². The molecule has 7 heteroatoms. The molecular weight excluding hydrogens is 356 g/mol. The second-order valence-electron chi connectivity index (χ2n) is 7.04. The van der Waals surface area contributed by atoms with Crippen LogP contribution in [-0.4, -0.2) is 34.3 Å². The van der Waals surface area contributed by atoms with Gasteiger partial charge in [0.1, 0.15) is 0 Å². The molecule has 140 valence electrons. The number of carbonyl (C=O) groups excluding carboxylic acids is 1. The number of hydrogen-bond donors (Lipinski definition) is 2. The summed E-state index contributed by atoms with van der Waals surface area (Å²) in [7, 11) is 0. The number of hydrogen-bond acceptors (Lipinski definition) is 4. The summed E-state index contributed by atoms with van der Waals surface area (Å²) >= 11 is 5.90. The Labute approximate surface area is 157 Å². The summed E-state index contributed by atoms with van der Waals surface area (Å²) < 4.78 is 0. The molecule has 26 heavy (non-hydrogen) atoms. The first-order valence-corrected chi connectivity index (χ1v) is 9.40. The van der Waals surface area contributed by atoms with Crippen LogP contribution in [0.4, 0.5) is 0 Å². The summed E-state index contributed by atoms with van der Waals surface area (Å²) in [4.78, 5) is 29.7. The number of aliphatic carboxylic acids is 1. The summed E-state index contributed by atoms with van der Waals surface area (Å²) in [5.41, 5.74) is -0.171. The molecule has 1 aromatic carbocycles. The normalized spacial score (nSPS) is 23.7. The maximum Gasteiger partial charge on any atom is 0.308 e. The standard InChI is InChI=1S/C19H23ClN2O4/c20-14-9-7-13(8-10-14)16-11-19(26-22-16,12-17(23)24)18(25)21-15-5-3-1-2-4-6-15/h7-10,15H,1-6,11-12H2,(H,21,25)(H,23,24). The quantitative estimate of drug-likeness (QED) is 0.767. The maximum atomic E-state index is 12.9. The highest BCUT2D eigenvalue weighted by Gasteiger charge is 2.49. The zero-order valence-electron chi connectivity index (χ0n) is 14.5. The largest absolute Gasteiger partial charge is 0.481 e. The molecule has 1 heterocycles. The van der Waals surface area contributed by atoms with Gasteiger partial charge in [0.25, 0.3) is 5.91 Å². The SMILES string of the molecule is O=C(O)CC1(C(=O)NC2CCCCCC2)CC(c2ccc(Cl)cc2)=NO1. The van der Waals surface area contributed by atoms with Crippen LogP contribution >= 0.6 is 11.6 Å². The van der Waals surface area contributed by atoms with Gasteiger partial charge in [-0.1, -0.05) is 54.6 Å². The van der Waals surface area contributed by atoms with Crippen LogP contribution in [0.3, 0.4) is 0 Å². The molecule has 0 aromatic heterocycles. The van der Waals surface area contributed by atoms with Gasteiger partial charge in [0.2, 0.25) is 5.60 Å². The minimum Gasteiger partial charge on any atom is -0.481 e. The van der Waals surface area contributed by atoms with Crippen molar-refractivity contribution in [3.63, 3.8) is 0 Å². The van der Waals surface area contributed by atoms with E-state index in [9.17, 15) is 14.7 Å². The van der Waals surface area contributed by atoms with Gasteiger partial charge in [0, 0.05) is 17.5 Å². The smallest absolute Gasteiger partial charge is 0.308 e. The first-order chi connectivity index (χ1) is 12.5. The van der Waals surface area contributed by atoms with Crippen molar-refractivity contribution >= 4 is 29.2 Å². The summed E-state index contributed by atoms with van der Waals surface area (Å²) in [5.74, 6) is -1.48. The summed E-state index contributed by atoms with van der Waals surface area (Å²) in [6.45, 7) is 0. The molecule has 0 spiro atoms. The molecule has 6 nitrogen and oxygen atoms in total. The number of amides is 1. The minimum atomic E-state index is -1.49. The molecule has 0 radical (unpaired) electrons. The number of rotatable bonds is 5. The van der Waals surface area contributed by atoms with Crippen molar-refractivity contribution in [1.29, 1.82) is 0 Å². The lowest BCUT2D eigenvalue weighted by molar-refractivity contribution is -0.156. The average Bonchev–Trinajstić information content (AvgIpc) is 2.85. The number of halogens is 1. The second-order valence-corrected chi connectivity index (χ2v) is 7.48. The fourth-order valence-electron chi connectivity index (χ4n) is 3.56. The third-order valence-corrected chi connectivity index (χ3v) is 5.25. The van der Waals surface area contributed by atoms with E-state index < -0.39 is 18.0 Å². The topological polar surface area (TPSA) is 88.0 Å². The molecule has 1 aliphatic carbocycles. The number of carbonyl (C=O) groups is 2. The number of nitrogens with one attached hydrogen (secondary N) is 1. The van der Waals surface area contributed by atoms with Crippen molar-refractivity contribution in [3.05, 3.63) is 34.9 Å². The molecule has 1 aliphatic heterocycles. The lowest BCUT2D eigenvalue weighted by Gasteiger charge is -2.26. The van der Waals surface area contributed by atoms with E-state index in [1.807, 2.05) is 0 Å². The summed E-state index contributed by atoms with van der Waals surface area (Å²) in [5, 5.41) is 16.9. The molecule has 2 aliphatic rings. The monoisotopic (exact) mass is 378 g/mol. The number of nitrogens with zero attached hydrogens (tertiary/aromatic N) is 1. The van der Waals surface area contributed by atoms with Gasteiger partial charge in [0.15, 0.2) is 0 Å². The highest BCUT2D eigenvalue weighted by atomic mass is 35.5. The van der Waals surface area contributed by atoms with Crippen molar-refractivity contribution < 1.29 is 19.5 Å². The second kappa shape index (κ2) is 8.08. The van der Waals surface area contributed by atoms with Crippen LogP contribution < -0.4 is 5.32 Å². The molecule has 0 bridgehead atoms. The van der Waals surface area contributed by atoms with Crippen LogP contribution in [0.15, 0.2) is 29.4 Å². The van der Waals surface area contributed by atoms with Crippen LogP contribution in [0, 0.1) is 0 Å². The number of carboxylic acid groups (broad SMARTS) is 1. The molecular formula is C19H23ClN2O4. The predicted octanol–water partition coefficient (Wildman–Crippen LogP) is 3.52. The van der Waals surface area contributed by atoms with E-state index in [4.69, 9.17) is 16.4 Å². The Morgan fingerprint density at radius 1 is 1.19 bits per heavy atom. The molecule has 1 unspecified atom stereocenters. The van der Waals surface area contributed by atoms with Crippen molar-refractivity contribution in [2.24, 2.45) is 5.16 Å². The molecule has 1 aromatic rings. The van der Waals surface area contributed by atoms with Gasteiger partial charge in [-0.15, -0.1) is 0 Å². The van der Waals surface area contributed by atoms with Crippen LogP contribution in [0.25, 0.3) is 0 Å². The highest BCUT2D eigenvalue weighted by molar-refractivity contribution is 6.30. The first-order valence-electron chi connectivity index (χ1n) is 9.02. The fraction of sp³-hybridized carbons (Fsp3) is 0.526. The van der Waals surface area contributed by atoms with Crippen LogP contribution in [0.5, 0.6) is 0 Å². The van der Waals surface area contributed by atoms with Gasteiger partial charge in [-0.3, -0.25) is 9.59 Å². The molecule has 1 saturated carbocycles. The van der Waals surface area contributed by atoms with Crippen LogP contribution in [0.2, 0.25) is 5.02 Å². The van der Waals surface area contributed by atoms with Gasteiger partial charge in [-0.25, -0.2) is 0 Å². The van der Waals surface area contributed by atoms with Gasteiger partial charge in [-0.2, -0.15) is 0 Å². The van der Waals surface area contributed by atoms with Crippen molar-refractivity contribution in [2.75, 3.05) is 0 Å². The van der Waals surface area contributed by atoms with Gasteiger partial charge in [0.05, 0.1) is 12.1 Å². The fourth-order valence-corrected chi connectivity index (χ4v) is 3.68. The van der Waals surface area contributed by atoms with E-state index in [1.165, 1.54) is 12.8 Å². The lowest BCUT2D eigenvalue weighted by atomic mass is 9.89. The maximum absolute atomic E-state index is 12.9. The zero-order valence-corrected chi connectivity index (χ0v) is 15.3. The van der Waals surface area contributed by atoms with E-state index in [0.717, 1.165) is 31.2 Å². The number of carboxylic acids is 1. The molecule has 0 saturated heterocycles. The molecule has 1 fully saturated rings. The van der Waals surface area contributed by atoms with Crippen molar-refractivity contribution in [1.82, 2.24) is 5.32 Å². The average molecular weight is 379 g/mol. The third-order valence-electron chi connectivity index (χ3n) is 5.00. The Balaban J connectivity index is 1.74. The number of benzene rings is 1. The Bertz CT molecular complexity index is 696. The lowest BCUT2D eigenvalue weighted by Crippen LogP contribution is -2.51. The molecule has 1 amide bonds. The highest BCUT2D eigenvalue weighted by Crippen LogP contribution is 2.31. The Morgan fingerprint density at radius 3 is 2.46 bits per heavy atom. The van der Waals surface area contributed by atoms with E-state index >= 15 is 0 Å². The third kappa shape index (κ3) is 4.36. The van der Waals surface area contributed by atoms with Crippen molar-refractivity contribution in [2.45, 2.75) is 63.0 Å². The van der Waals surface area contributed by atoms with Gasteiger partial charge in [-0.05, 0) is 30.5 Å². The molecule has 1 atom stereocenters. The van der Waals surface area contributed by atoms with Crippen LogP contribution in [-0.2, 0) is 14.4 Å². The molecule has 3 rings (SSSR count). The predicted molar refractivity (Wildman–Crippen MR) is 98.3 cm³/mol. The van der Waals surface area contributed by atoms with Gasteiger partial charge >= 0.3 is 5.97 Å². The Kier molecular flexibility index (Phi) is 5.81. The Morgan fingerprint density at radius 2 is 1.85 bits per heavy atom. The van der Waals surface area contributed by atoms with Gasteiger partial charge < -0.3 is 15.3 Å².